The predicted molar refractivity (Wildman–Crippen MR) is 104 cm³/mol. The first-order valence-corrected chi connectivity index (χ1v) is 9.69. The highest BCUT2D eigenvalue weighted by Crippen LogP contribution is 2.25. The van der Waals surface area contributed by atoms with Crippen LogP contribution in [-0.2, 0) is 11.2 Å². The lowest BCUT2D eigenvalue weighted by molar-refractivity contribution is -0.121. The Morgan fingerprint density at radius 2 is 1.96 bits per heavy atom. The van der Waals surface area contributed by atoms with E-state index in [0.717, 1.165) is 41.5 Å². The third-order valence-corrected chi connectivity index (χ3v) is 5.46. The Hall–Kier alpha value is -1.85. The number of hydrogen-bond donors (Lipinski definition) is 2. The molecule has 0 bridgehead atoms. The number of benzene rings is 1. The molecule has 0 radical (unpaired) electrons. The molecule has 1 saturated heterocycles. The SMILES string of the molecule is Cc1n[nH]c(C)c1CCC(=O)NC[C@H](c1ccc(Cl)cc1)N1CCCC1. The van der Waals surface area contributed by atoms with Gasteiger partial charge in [0.1, 0.15) is 0 Å². The highest BCUT2D eigenvalue weighted by Gasteiger charge is 2.24. The Morgan fingerprint density at radius 1 is 1.27 bits per heavy atom. The first-order valence-electron chi connectivity index (χ1n) is 9.31. The van der Waals surface area contributed by atoms with Crippen LogP contribution in [0.1, 0.15) is 47.8 Å². The number of likely N-dealkylation sites (tertiary alicyclic amines) is 1. The van der Waals surface area contributed by atoms with E-state index in [2.05, 4.69) is 32.5 Å². The van der Waals surface area contributed by atoms with Gasteiger partial charge in [0.05, 0.1) is 11.7 Å². The number of halogens is 1. The minimum Gasteiger partial charge on any atom is -0.354 e. The van der Waals surface area contributed by atoms with Gasteiger partial charge in [-0.15, -0.1) is 0 Å². The second kappa shape index (κ2) is 8.69. The van der Waals surface area contributed by atoms with Crippen molar-refractivity contribution >= 4 is 17.5 Å². The second-order valence-corrected chi connectivity index (χ2v) is 7.46. The highest BCUT2D eigenvalue weighted by molar-refractivity contribution is 6.30. The van der Waals surface area contributed by atoms with Crippen molar-refractivity contribution in [1.82, 2.24) is 20.4 Å². The molecule has 26 heavy (non-hydrogen) atoms. The summed E-state index contributed by atoms with van der Waals surface area (Å²) >= 11 is 6.03. The van der Waals surface area contributed by atoms with Gasteiger partial charge in [0.2, 0.25) is 5.91 Å². The van der Waals surface area contributed by atoms with Crippen LogP contribution in [0, 0.1) is 13.8 Å². The quantitative estimate of drug-likeness (QED) is 0.778. The van der Waals surface area contributed by atoms with E-state index >= 15 is 0 Å². The molecule has 140 valence electrons. The maximum atomic E-state index is 12.4. The van der Waals surface area contributed by atoms with E-state index < -0.39 is 0 Å². The normalized spacial score (nSPS) is 16.0. The number of H-pyrrole nitrogens is 1. The maximum absolute atomic E-state index is 12.4. The fourth-order valence-electron chi connectivity index (χ4n) is 3.68. The number of aromatic amines is 1. The van der Waals surface area contributed by atoms with Crippen molar-refractivity contribution in [2.24, 2.45) is 0 Å². The fraction of sp³-hybridized carbons (Fsp3) is 0.500. The zero-order valence-electron chi connectivity index (χ0n) is 15.5. The molecule has 1 fully saturated rings. The van der Waals surface area contributed by atoms with Crippen LogP contribution >= 0.6 is 11.6 Å². The summed E-state index contributed by atoms with van der Waals surface area (Å²) in [6.45, 7) is 6.76. The van der Waals surface area contributed by atoms with Gasteiger partial charge < -0.3 is 5.32 Å². The van der Waals surface area contributed by atoms with Crippen molar-refractivity contribution in [2.75, 3.05) is 19.6 Å². The van der Waals surface area contributed by atoms with Crippen LogP contribution in [0.3, 0.4) is 0 Å². The molecule has 0 saturated carbocycles. The molecule has 1 aliphatic heterocycles. The molecule has 0 spiro atoms. The van der Waals surface area contributed by atoms with Crippen LogP contribution in [0.4, 0.5) is 0 Å². The number of aryl methyl sites for hydroxylation is 2. The predicted octanol–water partition coefficient (Wildman–Crippen LogP) is 3.57. The van der Waals surface area contributed by atoms with Crippen molar-refractivity contribution in [1.29, 1.82) is 0 Å². The van der Waals surface area contributed by atoms with Gasteiger partial charge in [-0.3, -0.25) is 14.8 Å². The van der Waals surface area contributed by atoms with E-state index in [1.165, 1.54) is 18.4 Å². The molecule has 1 amide bonds. The number of carbonyl (C=O) groups is 1. The molecule has 1 aromatic heterocycles. The topological polar surface area (TPSA) is 61.0 Å². The number of nitrogens with one attached hydrogen (secondary N) is 2. The van der Waals surface area contributed by atoms with Crippen LogP contribution in [0.15, 0.2) is 24.3 Å². The van der Waals surface area contributed by atoms with Crippen molar-refractivity contribution in [3.8, 4) is 0 Å². The monoisotopic (exact) mass is 374 g/mol. The van der Waals surface area contributed by atoms with Crippen molar-refractivity contribution in [3.63, 3.8) is 0 Å². The Kier molecular flexibility index (Phi) is 6.33. The number of carbonyl (C=O) groups excluding carboxylic acids is 1. The summed E-state index contributed by atoms with van der Waals surface area (Å²) < 4.78 is 0. The van der Waals surface area contributed by atoms with E-state index in [-0.39, 0.29) is 11.9 Å². The maximum Gasteiger partial charge on any atom is 0.220 e. The Labute approximate surface area is 160 Å². The molecule has 1 atom stereocenters. The molecule has 5 nitrogen and oxygen atoms in total. The van der Waals surface area contributed by atoms with Crippen molar-refractivity contribution in [2.45, 2.75) is 45.6 Å². The summed E-state index contributed by atoms with van der Waals surface area (Å²) in [5.74, 6) is 0.0863. The van der Waals surface area contributed by atoms with Crippen molar-refractivity contribution < 1.29 is 4.79 Å². The first-order chi connectivity index (χ1) is 12.5. The molecule has 2 heterocycles. The Morgan fingerprint density at radius 3 is 2.58 bits per heavy atom. The lowest BCUT2D eigenvalue weighted by atomic mass is 10.0. The molecule has 0 aliphatic carbocycles. The standard InChI is InChI=1S/C20H27ClN4O/c1-14-18(15(2)24-23-14)9-10-20(26)22-13-19(25-11-3-4-12-25)16-5-7-17(21)8-6-16/h5-8,19H,3-4,9-13H2,1-2H3,(H,22,26)(H,23,24)/t19-/m1/s1. The molecular formula is C20H27ClN4O. The molecule has 3 rings (SSSR count). The summed E-state index contributed by atoms with van der Waals surface area (Å²) in [5, 5.41) is 11.0. The van der Waals surface area contributed by atoms with E-state index in [9.17, 15) is 4.79 Å². The van der Waals surface area contributed by atoms with Gasteiger partial charge >= 0.3 is 0 Å². The fourth-order valence-corrected chi connectivity index (χ4v) is 3.80. The summed E-state index contributed by atoms with van der Waals surface area (Å²) in [6.07, 6.45) is 3.64. The van der Waals surface area contributed by atoms with Crippen LogP contribution in [0.5, 0.6) is 0 Å². The number of hydrogen-bond acceptors (Lipinski definition) is 3. The van der Waals surface area contributed by atoms with Gasteiger partial charge in [0.15, 0.2) is 0 Å². The van der Waals surface area contributed by atoms with Gasteiger partial charge in [-0.2, -0.15) is 5.10 Å². The van der Waals surface area contributed by atoms with Crippen LogP contribution < -0.4 is 5.32 Å². The summed E-state index contributed by atoms with van der Waals surface area (Å²) in [5.41, 5.74) is 4.38. The van der Waals surface area contributed by atoms with Crippen molar-refractivity contribution in [3.05, 3.63) is 51.8 Å². The minimum atomic E-state index is 0.0863. The minimum absolute atomic E-state index is 0.0863. The first kappa shape index (κ1) is 18.9. The number of rotatable bonds is 7. The summed E-state index contributed by atoms with van der Waals surface area (Å²) in [4.78, 5) is 14.8. The zero-order chi connectivity index (χ0) is 18.5. The van der Waals surface area contributed by atoms with Gasteiger partial charge in [0, 0.05) is 23.7 Å². The van der Waals surface area contributed by atoms with Gasteiger partial charge in [-0.25, -0.2) is 0 Å². The molecule has 0 unspecified atom stereocenters. The smallest absolute Gasteiger partial charge is 0.220 e. The molecule has 2 aromatic rings. The van der Waals surface area contributed by atoms with Gasteiger partial charge in [0.25, 0.3) is 0 Å². The lowest BCUT2D eigenvalue weighted by Gasteiger charge is -2.28. The number of nitrogens with zero attached hydrogens (tertiary/aromatic N) is 2. The average Bonchev–Trinajstić information content (AvgIpc) is 3.26. The van der Waals surface area contributed by atoms with E-state index in [1.807, 2.05) is 26.0 Å². The third-order valence-electron chi connectivity index (χ3n) is 5.21. The van der Waals surface area contributed by atoms with E-state index in [0.29, 0.717) is 13.0 Å². The molecule has 1 aliphatic rings. The Bertz CT molecular complexity index is 715. The van der Waals surface area contributed by atoms with Gasteiger partial charge in [-0.05, 0) is 69.5 Å². The lowest BCUT2D eigenvalue weighted by Crippen LogP contribution is -2.36. The van der Waals surface area contributed by atoms with E-state index in [1.54, 1.807) is 0 Å². The summed E-state index contributed by atoms with van der Waals surface area (Å²) in [7, 11) is 0. The molecule has 2 N–H and O–H groups in total. The number of aromatic nitrogens is 2. The molecular weight excluding hydrogens is 348 g/mol. The highest BCUT2D eigenvalue weighted by atomic mass is 35.5. The molecule has 1 aromatic carbocycles. The largest absolute Gasteiger partial charge is 0.354 e. The summed E-state index contributed by atoms with van der Waals surface area (Å²) in [6, 6.07) is 8.18. The van der Waals surface area contributed by atoms with Crippen LogP contribution in [0.25, 0.3) is 0 Å². The van der Waals surface area contributed by atoms with Gasteiger partial charge in [-0.1, -0.05) is 23.7 Å². The molecule has 6 heteroatoms. The Balaban J connectivity index is 1.58. The second-order valence-electron chi connectivity index (χ2n) is 7.03. The van der Waals surface area contributed by atoms with Crippen LogP contribution in [0.2, 0.25) is 5.02 Å². The average molecular weight is 375 g/mol. The van der Waals surface area contributed by atoms with Crippen LogP contribution in [-0.4, -0.2) is 40.6 Å². The zero-order valence-corrected chi connectivity index (χ0v) is 16.3. The number of amides is 1. The third kappa shape index (κ3) is 4.65. The van der Waals surface area contributed by atoms with E-state index in [4.69, 9.17) is 11.6 Å².